The largest absolute Gasteiger partial charge is 0.394 e. The molecule has 0 radical (unpaired) electrons. The molecule has 4 nitrogen and oxygen atoms in total. The molecule has 2 aromatic heterocycles. The van der Waals surface area contributed by atoms with Crippen LogP contribution in [0.25, 0.3) is 16.6 Å². The Kier molecular flexibility index (Phi) is 4.62. The molecule has 2 heterocycles. The van der Waals surface area contributed by atoms with Crippen molar-refractivity contribution in [3.63, 3.8) is 0 Å². The van der Waals surface area contributed by atoms with E-state index in [1.807, 2.05) is 31.6 Å². The van der Waals surface area contributed by atoms with Crippen LogP contribution >= 0.6 is 27.5 Å². The molecule has 0 saturated heterocycles. The molecule has 20 heavy (non-hydrogen) atoms. The smallest absolute Gasteiger partial charge is 0.129 e. The van der Waals surface area contributed by atoms with Crippen molar-refractivity contribution in [2.75, 3.05) is 12.4 Å². The molecule has 0 aliphatic rings. The fraction of sp³-hybridized carbons (Fsp3) is 0.286. The molecule has 0 bridgehead atoms. The van der Waals surface area contributed by atoms with Gasteiger partial charge in [-0.1, -0.05) is 27.5 Å². The predicted octanol–water partition coefficient (Wildman–Crippen LogP) is 2.24. The quantitative estimate of drug-likeness (QED) is 0.652. The number of pyridine rings is 2. The molecule has 0 aliphatic carbocycles. The Labute approximate surface area is 131 Å². The average Bonchev–Trinajstić information content (AvgIpc) is 2.43. The Morgan fingerprint density at radius 3 is 2.90 bits per heavy atom. The van der Waals surface area contributed by atoms with Crippen LogP contribution in [0.3, 0.4) is 0 Å². The van der Waals surface area contributed by atoms with Gasteiger partial charge in [0.25, 0.3) is 0 Å². The monoisotopic (exact) mass is 355 g/mol. The van der Waals surface area contributed by atoms with Gasteiger partial charge in [0, 0.05) is 30.6 Å². The predicted molar refractivity (Wildman–Crippen MR) is 86.7 cm³/mol. The second kappa shape index (κ2) is 6.08. The fourth-order valence-corrected chi connectivity index (χ4v) is 2.41. The van der Waals surface area contributed by atoms with E-state index < -0.39 is 0 Å². The topological polar surface area (TPSA) is 65.5 Å². The van der Waals surface area contributed by atoms with E-state index in [0.29, 0.717) is 5.15 Å². The van der Waals surface area contributed by atoms with Crippen molar-refractivity contribution < 1.29 is 5.73 Å². The van der Waals surface area contributed by atoms with Crippen LogP contribution in [-0.4, -0.2) is 27.9 Å². The number of halogens is 2. The van der Waals surface area contributed by atoms with Gasteiger partial charge in [-0.2, -0.15) is 0 Å². The molecule has 0 amide bonds. The molecule has 2 rings (SSSR count). The van der Waals surface area contributed by atoms with Crippen molar-refractivity contribution in [1.82, 2.24) is 15.3 Å². The molecule has 0 aliphatic heterocycles. The molecule has 0 fully saturated rings. The van der Waals surface area contributed by atoms with Crippen molar-refractivity contribution in [3.05, 3.63) is 41.3 Å². The molecular formula is C14H17BrClN4+. The zero-order chi connectivity index (χ0) is 14.8. The molecule has 0 aromatic carbocycles. The summed E-state index contributed by atoms with van der Waals surface area (Å²) in [5.74, 6) is 0. The van der Waals surface area contributed by atoms with Gasteiger partial charge >= 0.3 is 0 Å². The first kappa shape index (κ1) is 15.2. The summed E-state index contributed by atoms with van der Waals surface area (Å²) in [5.41, 5.74) is 7.64. The van der Waals surface area contributed by atoms with Crippen LogP contribution in [0.1, 0.15) is 12.5 Å². The van der Waals surface area contributed by atoms with Gasteiger partial charge < -0.3 is 11.1 Å². The van der Waals surface area contributed by atoms with Gasteiger partial charge in [-0.3, -0.25) is 4.98 Å². The summed E-state index contributed by atoms with van der Waals surface area (Å²) in [5, 5.41) is 4.28. The second-order valence-electron chi connectivity index (χ2n) is 4.94. The van der Waals surface area contributed by atoms with Gasteiger partial charge in [0.15, 0.2) is 0 Å². The summed E-state index contributed by atoms with van der Waals surface area (Å²) in [6, 6.07) is 5.60. The van der Waals surface area contributed by atoms with Crippen LogP contribution in [0.2, 0.25) is 5.15 Å². The van der Waals surface area contributed by atoms with Gasteiger partial charge in [-0.25, -0.2) is 4.98 Å². The number of nitrogens with one attached hydrogen (secondary N) is 1. The van der Waals surface area contributed by atoms with Gasteiger partial charge in [0.1, 0.15) is 10.7 Å². The number of rotatable bonds is 4. The standard InChI is InChI=1S/C14H16BrClN4/c1-14(17,8-15)10(7-18-2)9-5-12-11(19-6-9)3-4-13(16)20-12/h3-7,18H,8,17H2,1-2H3/p+1. The number of quaternary nitrogens is 1. The van der Waals surface area contributed by atoms with Crippen LogP contribution in [0, 0.1) is 0 Å². The molecule has 106 valence electrons. The van der Waals surface area contributed by atoms with E-state index in [-0.39, 0.29) is 5.54 Å². The number of fused-ring (bicyclic) bond motifs is 1. The normalized spacial score (nSPS) is 15.2. The highest BCUT2D eigenvalue weighted by atomic mass is 79.9. The summed E-state index contributed by atoms with van der Waals surface area (Å²) in [6.45, 7) is 2.07. The minimum atomic E-state index is -0.267. The Hall–Kier alpha value is -1.17. The lowest BCUT2D eigenvalue weighted by Gasteiger charge is -2.22. The van der Waals surface area contributed by atoms with E-state index in [1.165, 1.54) is 0 Å². The summed E-state index contributed by atoms with van der Waals surface area (Å²) >= 11 is 9.46. The molecule has 2 aromatic rings. The summed E-state index contributed by atoms with van der Waals surface area (Å²) in [7, 11) is 1.87. The van der Waals surface area contributed by atoms with Crippen molar-refractivity contribution >= 4 is 44.1 Å². The highest BCUT2D eigenvalue weighted by Crippen LogP contribution is 2.26. The summed E-state index contributed by atoms with van der Waals surface area (Å²) < 4.78 is 0. The van der Waals surface area contributed by atoms with Gasteiger partial charge in [0.2, 0.25) is 0 Å². The van der Waals surface area contributed by atoms with E-state index in [1.54, 1.807) is 6.07 Å². The zero-order valence-corrected chi connectivity index (χ0v) is 13.8. The van der Waals surface area contributed by atoms with Gasteiger partial charge in [-0.05, 0) is 25.1 Å². The van der Waals surface area contributed by atoms with Crippen LogP contribution in [0.15, 0.2) is 30.6 Å². The maximum absolute atomic E-state index is 5.94. The molecule has 1 unspecified atom stereocenters. The minimum absolute atomic E-state index is 0.267. The van der Waals surface area contributed by atoms with Crippen molar-refractivity contribution in [2.24, 2.45) is 0 Å². The van der Waals surface area contributed by atoms with Crippen LogP contribution in [0.5, 0.6) is 0 Å². The van der Waals surface area contributed by atoms with Crippen LogP contribution < -0.4 is 11.1 Å². The molecule has 1 atom stereocenters. The molecule has 4 N–H and O–H groups in total. The highest BCUT2D eigenvalue weighted by Gasteiger charge is 2.28. The lowest BCUT2D eigenvalue weighted by Crippen LogP contribution is -2.72. The van der Waals surface area contributed by atoms with Crippen molar-refractivity contribution in [2.45, 2.75) is 12.5 Å². The summed E-state index contributed by atoms with van der Waals surface area (Å²) in [6.07, 6.45) is 3.79. The van der Waals surface area contributed by atoms with E-state index in [2.05, 4.69) is 43.9 Å². The lowest BCUT2D eigenvalue weighted by molar-refractivity contribution is -0.439. The van der Waals surface area contributed by atoms with Crippen molar-refractivity contribution in [3.8, 4) is 0 Å². The molecule has 6 heteroatoms. The SMILES string of the molecule is CNC=C(c1cnc2ccc(Cl)nc2c1)C(C)([NH3+])CBr. The third-order valence-electron chi connectivity index (χ3n) is 3.05. The van der Waals surface area contributed by atoms with E-state index in [4.69, 9.17) is 11.6 Å². The Morgan fingerprint density at radius 1 is 1.50 bits per heavy atom. The lowest BCUT2D eigenvalue weighted by atomic mass is 9.90. The second-order valence-corrected chi connectivity index (χ2v) is 5.89. The number of alkyl halides is 1. The maximum atomic E-state index is 5.94. The average molecular weight is 357 g/mol. The molecular weight excluding hydrogens is 340 g/mol. The first-order valence-electron chi connectivity index (χ1n) is 6.20. The van der Waals surface area contributed by atoms with E-state index >= 15 is 0 Å². The van der Waals surface area contributed by atoms with Gasteiger partial charge in [-0.15, -0.1) is 0 Å². The third-order valence-corrected chi connectivity index (χ3v) is 4.50. The Morgan fingerprint density at radius 2 is 2.25 bits per heavy atom. The van der Waals surface area contributed by atoms with Crippen LogP contribution in [0.4, 0.5) is 0 Å². The number of hydrogen-bond acceptors (Lipinski definition) is 3. The summed E-state index contributed by atoms with van der Waals surface area (Å²) in [4.78, 5) is 8.75. The van der Waals surface area contributed by atoms with E-state index in [9.17, 15) is 0 Å². The van der Waals surface area contributed by atoms with Gasteiger partial charge in [0.05, 0.1) is 16.4 Å². The first-order chi connectivity index (χ1) is 9.47. The molecule has 0 spiro atoms. The first-order valence-corrected chi connectivity index (χ1v) is 7.70. The number of hydrogen-bond donors (Lipinski definition) is 2. The van der Waals surface area contributed by atoms with Crippen LogP contribution in [-0.2, 0) is 0 Å². The third kappa shape index (κ3) is 3.11. The minimum Gasteiger partial charge on any atom is -0.394 e. The molecule has 0 saturated carbocycles. The Bertz CT molecular complexity index is 655. The fourth-order valence-electron chi connectivity index (χ4n) is 1.95. The Balaban J connectivity index is 2.57. The zero-order valence-electron chi connectivity index (χ0n) is 11.5. The maximum Gasteiger partial charge on any atom is 0.129 e. The van der Waals surface area contributed by atoms with E-state index in [0.717, 1.165) is 27.5 Å². The highest BCUT2D eigenvalue weighted by molar-refractivity contribution is 9.09. The number of aromatic nitrogens is 2. The van der Waals surface area contributed by atoms with Crippen molar-refractivity contribution in [1.29, 1.82) is 0 Å². The number of nitrogens with zero attached hydrogens (tertiary/aromatic N) is 2.